The molecule has 9 aromatic rings. The second kappa shape index (κ2) is 10.2. The zero-order chi connectivity index (χ0) is 29.7. The highest BCUT2D eigenvalue weighted by Gasteiger charge is 2.20. The maximum Gasteiger partial charge on any atom is 0.227 e. The fourth-order valence-electron chi connectivity index (χ4n) is 6.03. The lowest BCUT2D eigenvalue weighted by molar-refractivity contribution is 0.617. The van der Waals surface area contributed by atoms with Gasteiger partial charge in [-0.1, -0.05) is 72.8 Å². The Morgan fingerprint density at radius 3 is 1.73 bits per heavy atom. The Morgan fingerprint density at radius 1 is 0.444 bits per heavy atom. The number of para-hydroxylation sites is 2. The van der Waals surface area contributed by atoms with Gasteiger partial charge in [-0.3, -0.25) is 4.98 Å². The number of fused-ring (bicyclic) bond motifs is 6. The Labute approximate surface area is 257 Å². The average molecular weight is 581 g/mol. The lowest BCUT2D eigenvalue weighted by atomic mass is 10.1. The van der Waals surface area contributed by atoms with Gasteiger partial charge in [0, 0.05) is 45.2 Å². The van der Waals surface area contributed by atoms with Crippen molar-refractivity contribution in [3.8, 4) is 22.9 Å². The average Bonchev–Trinajstić information content (AvgIpc) is 3.75. The van der Waals surface area contributed by atoms with Crippen LogP contribution in [0.2, 0.25) is 0 Å². The summed E-state index contributed by atoms with van der Waals surface area (Å²) in [4.78, 5) is 16.8. The molecule has 0 aliphatic heterocycles. The molecule has 9 rings (SSSR count). The third kappa shape index (κ3) is 4.31. The van der Waals surface area contributed by atoms with E-state index < -0.39 is 0 Å². The van der Waals surface area contributed by atoms with Gasteiger partial charge >= 0.3 is 0 Å². The molecule has 212 valence electrons. The summed E-state index contributed by atoms with van der Waals surface area (Å²) in [6.07, 6.45) is 1.78. The van der Waals surface area contributed by atoms with Crippen molar-refractivity contribution in [3.63, 3.8) is 0 Å². The zero-order valence-electron chi connectivity index (χ0n) is 24.0. The Balaban J connectivity index is 1.30. The number of pyridine rings is 1. The molecule has 6 nitrogen and oxygen atoms in total. The molecule has 0 aliphatic carbocycles. The van der Waals surface area contributed by atoms with Gasteiger partial charge in [-0.05, 0) is 72.1 Å². The largest absolute Gasteiger partial charge is 0.436 e. The number of rotatable bonds is 5. The fraction of sp³-hybridized carbons (Fsp3) is 0. The van der Waals surface area contributed by atoms with Crippen molar-refractivity contribution >= 4 is 60.9 Å². The van der Waals surface area contributed by atoms with Crippen LogP contribution in [0.5, 0.6) is 0 Å². The third-order valence-electron chi connectivity index (χ3n) is 8.11. The van der Waals surface area contributed by atoms with E-state index >= 15 is 0 Å². The van der Waals surface area contributed by atoms with Crippen LogP contribution in [-0.2, 0) is 0 Å². The van der Waals surface area contributed by atoms with Gasteiger partial charge in [0.2, 0.25) is 11.8 Å². The molecule has 0 amide bonds. The van der Waals surface area contributed by atoms with Crippen LogP contribution in [0.1, 0.15) is 0 Å². The Bertz CT molecular complexity index is 2330. The first-order valence-electron chi connectivity index (χ1n) is 14.8. The summed E-state index contributed by atoms with van der Waals surface area (Å²) in [7, 11) is 0. The summed E-state index contributed by atoms with van der Waals surface area (Å²) in [5, 5.41) is 3.18. The number of aromatic nitrogens is 3. The van der Waals surface area contributed by atoms with Gasteiger partial charge in [0.15, 0.2) is 11.2 Å². The molecule has 0 N–H and O–H groups in total. The van der Waals surface area contributed by atoms with Crippen molar-refractivity contribution in [2.75, 3.05) is 4.90 Å². The van der Waals surface area contributed by atoms with Crippen molar-refractivity contribution in [1.29, 1.82) is 0 Å². The Morgan fingerprint density at radius 2 is 1.02 bits per heavy atom. The SMILES string of the molecule is c1ccc(N(c2ccccc2)c2cc(-c3nc4c(ccc5ccccc54)o3)cc(-c3nc4c(ccc5cccnc54)o3)c2)cc1. The molecule has 0 atom stereocenters. The van der Waals surface area contributed by atoms with Crippen molar-refractivity contribution in [1.82, 2.24) is 15.0 Å². The van der Waals surface area contributed by atoms with Gasteiger partial charge in [-0.15, -0.1) is 0 Å². The third-order valence-corrected chi connectivity index (χ3v) is 8.11. The lowest BCUT2D eigenvalue weighted by Gasteiger charge is -2.26. The van der Waals surface area contributed by atoms with E-state index in [1.54, 1.807) is 6.20 Å². The second-order valence-electron chi connectivity index (χ2n) is 10.9. The number of hydrogen-bond donors (Lipinski definition) is 0. The molecule has 3 aromatic heterocycles. The number of benzene rings is 6. The molecule has 0 saturated carbocycles. The molecule has 45 heavy (non-hydrogen) atoms. The monoisotopic (exact) mass is 580 g/mol. The molecule has 0 radical (unpaired) electrons. The predicted octanol–water partition coefficient (Wildman–Crippen LogP) is 10.5. The standard InChI is InChI=1S/C39H24N4O2/c1-3-12-29(13-4-1)43(30-14-5-2-6-15-30)31-23-27(38-41-36-32-16-8-7-10-25(32)17-19-33(36)44-38)22-28(24-31)39-42-37-34(45-39)20-18-26-11-9-21-40-35(26)37/h1-24H. The molecule has 3 heterocycles. The first-order valence-corrected chi connectivity index (χ1v) is 14.8. The normalized spacial score (nSPS) is 11.6. The molecule has 0 unspecified atom stereocenters. The van der Waals surface area contributed by atoms with Gasteiger partial charge in [0.25, 0.3) is 0 Å². The topological polar surface area (TPSA) is 68.2 Å². The van der Waals surface area contributed by atoms with Crippen LogP contribution in [0.25, 0.3) is 66.8 Å². The van der Waals surface area contributed by atoms with Gasteiger partial charge in [0.1, 0.15) is 11.0 Å². The molecule has 0 saturated heterocycles. The van der Waals surface area contributed by atoms with E-state index in [9.17, 15) is 0 Å². The highest BCUT2D eigenvalue weighted by Crippen LogP contribution is 2.41. The Hall–Kier alpha value is -6.27. The van der Waals surface area contributed by atoms with Crippen molar-refractivity contribution in [2.45, 2.75) is 0 Å². The van der Waals surface area contributed by atoms with Gasteiger partial charge < -0.3 is 13.7 Å². The van der Waals surface area contributed by atoms with Crippen LogP contribution in [0.3, 0.4) is 0 Å². The van der Waals surface area contributed by atoms with Gasteiger partial charge in [-0.25, -0.2) is 9.97 Å². The summed E-state index contributed by atoms with van der Waals surface area (Å²) in [6.45, 7) is 0. The summed E-state index contributed by atoms with van der Waals surface area (Å²) in [5.41, 5.74) is 8.34. The van der Waals surface area contributed by atoms with Crippen LogP contribution in [0.15, 0.2) is 155 Å². The molecule has 0 fully saturated rings. The highest BCUT2D eigenvalue weighted by molar-refractivity contribution is 6.04. The highest BCUT2D eigenvalue weighted by atomic mass is 16.4. The summed E-state index contributed by atoms with van der Waals surface area (Å²) >= 11 is 0. The van der Waals surface area contributed by atoms with Crippen molar-refractivity contribution in [3.05, 3.63) is 146 Å². The van der Waals surface area contributed by atoms with Crippen LogP contribution < -0.4 is 4.90 Å². The van der Waals surface area contributed by atoms with E-state index in [1.807, 2.05) is 84.9 Å². The van der Waals surface area contributed by atoms with E-state index in [2.05, 4.69) is 64.5 Å². The molecule has 6 aromatic carbocycles. The summed E-state index contributed by atoms with van der Waals surface area (Å²) in [5.74, 6) is 1.02. The smallest absolute Gasteiger partial charge is 0.227 e. The molecule has 0 bridgehead atoms. The number of oxazole rings is 2. The van der Waals surface area contributed by atoms with Gasteiger partial charge in [0.05, 0.1) is 5.52 Å². The minimum absolute atomic E-state index is 0.494. The van der Waals surface area contributed by atoms with E-state index in [4.69, 9.17) is 18.8 Å². The van der Waals surface area contributed by atoms with Crippen LogP contribution in [0.4, 0.5) is 17.1 Å². The molecule has 6 heteroatoms. The molecule has 0 aliphatic rings. The van der Waals surface area contributed by atoms with Crippen molar-refractivity contribution in [2.24, 2.45) is 0 Å². The summed E-state index contributed by atoms with van der Waals surface area (Å²) in [6, 6.07) is 47.0. The maximum atomic E-state index is 6.43. The number of hydrogen-bond acceptors (Lipinski definition) is 6. The number of anilines is 3. The first kappa shape index (κ1) is 25.2. The maximum absolute atomic E-state index is 6.43. The summed E-state index contributed by atoms with van der Waals surface area (Å²) < 4.78 is 12.8. The second-order valence-corrected chi connectivity index (χ2v) is 10.9. The van der Waals surface area contributed by atoms with E-state index in [1.165, 1.54) is 0 Å². The van der Waals surface area contributed by atoms with E-state index in [-0.39, 0.29) is 0 Å². The molecule has 0 spiro atoms. The zero-order valence-corrected chi connectivity index (χ0v) is 24.0. The van der Waals surface area contributed by atoms with Crippen molar-refractivity contribution < 1.29 is 8.83 Å². The minimum atomic E-state index is 0.494. The van der Waals surface area contributed by atoms with Gasteiger partial charge in [-0.2, -0.15) is 0 Å². The first-order chi connectivity index (χ1) is 22.3. The fourth-order valence-corrected chi connectivity index (χ4v) is 6.03. The predicted molar refractivity (Wildman–Crippen MR) is 180 cm³/mol. The van der Waals surface area contributed by atoms with E-state index in [0.717, 1.165) is 66.5 Å². The number of nitrogens with zero attached hydrogens (tertiary/aromatic N) is 4. The Kier molecular flexibility index (Phi) is 5.71. The molecular formula is C39H24N4O2. The lowest BCUT2D eigenvalue weighted by Crippen LogP contribution is -2.10. The minimum Gasteiger partial charge on any atom is -0.436 e. The van der Waals surface area contributed by atoms with E-state index in [0.29, 0.717) is 17.4 Å². The van der Waals surface area contributed by atoms with Crippen LogP contribution >= 0.6 is 0 Å². The van der Waals surface area contributed by atoms with Crippen LogP contribution in [-0.4, -0.2) is 15.0 Å². The van der Waals surface area contributed by atoms with Crippen LogP contribution in [0, 0.1) is 0 Å². The molecular weight excluding hydrogens is 556 g/mol. The quantitative estimate of drug-likeness (QED) is 0.202.